The number of para-hydroxylation sites is 2. The molecular weight excluding hydrogens is 378 g/mol. The molecule has 2 N–H and O–H groups in total. The Morgan fingerprint density at radius 3 is 2.53 bits per heavy atom. The number of benzene rings is 2. The molecule has 0 atom stereocenters. The molecule has 1 aliphatic rings. The van der Waals surface area contributed by atoms with Crippen molar-refractivity contribution in [1.82, 2.24) is 14.7 Å². The number of hydrogen-bond donors (Lipinski definition) is 2. The lowest BCUT2D eigenvalue weighted by atomic mass is 10.0. The second-order valence-corrected chi connectivity index (χ2v) is 7.33. The fourth-order valence-electron chi connectivity index (χ4n) is 3.80. The number of nitrogens with zero attached hydrogens (tertiary/aromatic N) is 3. The lowest BCUT2D eigenvalue weighted by molar-refractivity contribution is 0.101. The molecule has 7 nitrogen and oxygen atoms in total. The highest BCUT2D eigenvalue weighted by atomic mass is 16.2. The second kappa shape index (κ2) is 8.41. The van der Waals surface area contributed by atoms with Crippen molar-refractivity contribution >= 4 is 23.3 Å². The van der Waals surface area contributed by atoms with E-state index in [0.29, 0.717) is 30.9 Å². The van der Waals surface area contributed by atoms with E-state index in [1.165, 1.54) is 0 Å². The normalized spacial score (nSPS) is 12.9. The maximum Gasteiger partial charge on any atom is 0.322 e. The summed E-state index contributed by atoms with van der Waals surface area (Å²) in [5.74, 6) is -0.267. The van der Waals surface area contributed by atoms with Crippen LogP contribution >= 0.6 is 0 Å². The predicted molar refractivity (Wildman–Crippen MR) is 117 cm³/mol. The first-order chi connectivity index (χ1) is 14.6. The monoisotopic (exact) mass is 403 g/mol. The Bertz CT molecular complexity index is 1070. The number of fused-ring (bicyclic) bond motifs is 1. The van der Waals surface area contributed by atoms with E-state index in [2.05, 4.69) is 22.7 Å². The molecule has 0 bridgehead atoms. The first-order valence-electron chi connectivity index (χ1n) is 10.1. The first-order valence-corrected chi connectivity index (χ1v) is 10.1. The minimum atomic E-state index is -0.267. The summed E-state index contributed by atoms with van der Waals surface area (Å²) in [7, 11) is 1.84. The third kappa shape index (κ3) is 3.91. The molecule has 2 heterocycles. The summed E-state index contributed by atoms with van der Waals surface area (Å²) < 4.78 is 1.75. The van der Waals surface area contributed by atoms with Crippen molar-refractivity contribution in [2.45, 2.75) is 26.3 Å². The van der Waals surface area contributed by atoms with Gasteiger partial charge in [-0.15, -0.1) is 0 Å². The van der Waals surface area contributed by atoms with Crippen LogP contribution in [-0.4, -0.2) is 33.2 Å². The average Bonchev–Trinajstić information content (AvgIpc) is 3.11. The highest BCUT2D eigenvalue weighted by Gasteiger charge is 2.29. The number of carbonyl (C=O) groups excluding carboxylic acids is 2. The van der Waals surface area contributed by atoms with Crippen molar-refractivity contribution in [2.75, 3.05) is 17.2 Å². The van der Waals surface area contributed by atoms with Gasteiger partial charge in [-0.25, -0.2) is 4.79 Å². The number of nitrogens with one attached hydrogen (secondary N) is 2. The summed E-state index contributed by atoms with van der Waals surface area (Å²) in [5.41, 5.74) is 4.78. The van der Waals surface area contributed by atoms with Crippen LogP contribution in [0.2, 0.25) is 0 Å². The van der Waals surface area contributed by atoms with Crippen LogP contribution in [-0.2, 0) is 26.4 Å². The third-order valence-corrected chi connectivity index (χ3v) is 5.42. The Morgan fingerprint density at radius 2 is 1.77 bits per heavy atom. The summed E-state index contributed by atoms with van der Waals surface area (Å²) >= 11 is 0. The van der Waals surface area contributed by atoms with Gasteiger partial charge in [-0.3, -0.25) is 9.48 Å². The van der Waals surface area contributed by atoms with Gasteiger partial charge in [0, 0.05) is 42.6 Å². The minimum absolute atomic E-state index is 0.167. The van der Waals surface area contributed by atoms with Crippen LogP contribution in [0.1, 0.15) is 34.2 Å². The third-order valence-electron chi connectivity index (χ3n) is 5.42. The summed E-state index contributed by atoms with van der Waals surface area (Å²) in [5, 5.41) is 10.3. The van der Waals surface area contributed by atoms with Gasteiger partial charge in [0.05, 0.1) is 6.54 Å². The Balaban J connectivity index is 1.53. The van der Waals surface area contributed by atoms with Crippen molar-refractivity contribution in [3.05, 3.63) is 77.1 Å². The van der Waals surface area contributed by atoms with E-state index >= 15 is 0 Å². The van der Waals surface area contributed by atoms with E-state index < -0.39 is 0 Å². The van der Waals surface area contributed by atoms with Crippen molar-refractivity contribution in [2.24, 2.45) is 7.05 Å². The molecule has 0 saturated heterocycles. The number of hydrogen-bond acceptors (Lipinski definition) is 3. The summed E-state index contributed by atoms with van der Waals surface area (Å²) in [6, 6.07) is 16.9. The van der Waals surface area contributed by atoms with Gasteiger partial charge in [-0.1, -0.05) is 43.3 Å². The number of amides is 3. The molecular formula is C23H25N5O2. The summed E-state index contributed by atoms with van der Waals surface area (Å²) in [6.07, 6.45) is 1.49. The molecule has 0 aliphatic carbocycles. The molecule has 30 heavy (non-hydrogen) atoms. The van der Waals surface area contributed by atoms with E-state index in [9.17, 15) is 9.59 Å². The fourth-order valence-corrected chi connectivity index (χ4v) is 3.80. The molecule has 7 heteroatoms. The van der Waals surface area contributed by atoms with Crippen LogP contribution in [0.5, 0.6) is 0 Å². The van der Waals surface area contributed by atoms with Gasteiger partial charge < -0.3 is 15.5 Å². The van der Waals surface area contributed by atoms with E-state index in [-0.39, 0.29) is 11.9 Å². The number of carbonyl (C=O) groups is 2. The van der Waals surface area contributed by atoms with Gasteiger partial charge >= 0.3 is 6.03 Å². The number of aromatic nitrogens is 2. The Hall–Kier alpha value is -3.61. The summed E-state index contributed by atoms with van der Waals surface area (Å²) in [6.45, 7) is 2.98. The maximum atomic E-state index is 12.9. The van der Waals surface area contributed by atoms with Gasteiger partial charge in [-0.05, 0) is 30.2 Å². The summed E-state index contributed by atoms with van der Waals surface area (Å²) in [4.78, 5) is 27.5. The molecule has 154 valence electrons. The molecule has 3 amide bonds. The average molecular weight is 403 g/mol. The number of rotatable bonds is 4. The zero-order valence-corrected chi connectivity index (χ0v) is 17.2. The maximum absolute atomic E-state index is 12.9. The minimum Gasteiger partial charge on any atom is -0.321 e. The van der Waals surface area contributed by atoms with Gasteiger partial charge in [0.15, 0.2) is 5.69 Å². The van der Waals surface area contributed by atoms with Crippen LogP contribution in [0.4, 0.5) is 16.2 Å². The van der Waals surface area contributed by atoms with Crippen molar-refractivity contribution < 1.29 is 9.59 Å². The lowest BCUT2D eigenvalue weighted by Gasteiger charge is -2.28. The standard InChI is InChI=1S/C23H25N5O2/c1-3-16-9-7-8-12-19(16)25-23(30)28-14-13-20-18(15-28)21(26-27(20)2)22(29)24-17-10-5-4-6-11-17/h4-12H,3,13-15H2,1-2H3,(H,24,29)(H,25,30). The highest BCUT2D eigenvalue weighted by Crippen LogP contribution is 2.24. The van der Waals surface area contributed by atoms with Crippen LogP contribution in [0.25, 0.3) is 0 Å². The van der Waals surface area contributed by atoms with Crippen molar-refractivity contribution in [3.8, 4) is 0 Å². The number of urea groups is 1. The Morgan fingerprint density at radius 1 is 1.03 bits per heavy atom. The van der Waals surface area contributed by atoms with Gasteiger partial charge in [0.2, 0.25) is 0 Å². The lowest BCUT2D eigenvalue weighted by Crippen LogP contribution is -2.39. The van der Waals surface area contributed by atoms with Gasteiger partial charge in [-0.2, -0.15) is 5.10 Å². The molecule has 1 aromatic heterocycles. The molecule has 0 unspecified atom stereocenters. The molecule has 1 aliphatic heterocycles. The van der Waals surface area contributed by atoms with E-state index in [4.69, 9.17) is 0 Å². The fraction of sp³-hybridized carbons (Fsp3) is 0.261. The Kier molecular flexibility index (Phi) is 5.52. The number of anilines is 2. The number of aryl methyl sites for hydroxylation is 2. The van der Waals surface area contributed by atoms with Crippen molar-refractivity contribution in [1.29, 1.82) is 0 Å². The smallest absolute Gasteiger partial charge is 0.321 e. The molecule has 0 fully saturated rings. The zero-order valence-electron chi connectivity index (χ0n) is 17.2. The highest BCUT2D eigenvalue weighted by molar-refractivity contribution is 6.04. The van der Waals surface area contributed by atoms with E-state index in [0.717, 1.165) is 28.9 Å². The van der Waals surface area contributed by atoms with E-state index in [1.807, 2.05) is 61.6 Å². The molecule has 0 spiro atoms. The quantitative estimate of drug-likeness (QED) is 0.695. The predicted octanol–water partition coefficient (Wildman–Crippen LogP) is 3.83. The topological polar surface area (TPSA) is 79.3 Å². The Labute approximate surface area is 175 Å². The van der Waals surface area contributed by atoms with E-state index in [1.54, 1.807) is 9.58 Å². The first kappa shape index (κ1) is 19.7. The van der Waals surface area contributed by atoms with Gasteiger partial charge in [0.1, 0.15) is 0 Å². The van der Waals surface area contributed by atoms with Crippen LogP contribution in [0.3, 0.4) is 0 Å². The van der Waals surface area contributed by atoms with Crippen LogP contribution < -0.4 is 10.6 Å². The molecule has 4 rings (SSSR count). The van der Waals surface area contributed by atoms with Crippen LogP contribution in [0, 0.1) is 0 Å². The SMILES string of the molecule is CCc1ccccc1NC(=O)N1CCc2c(c(C(=O)Nc3ccccc3)nn2C)C1. The molecule has 0 radical (unpaired) electrons. The molecule has 0 saturated carbocycles. The molecule has 2 aromatic carbocycles. The molecule has 3 aromatic rings. The second-order valence-electron chi connectivity index (χ2n) is 7.33. The zero-order chi connectivity index (χ0) is 21.1. The van der Waals surface area contributed by atoms with Crippen LogP contribution in [0.15, 0.2) is 54.6 Å². The van der Waals surface area contributed by atoms with Gasteiger partial charge in [0.25, 0.3) is 5.91 Å². The van der Waals surface area contributed by atoms with Crippen molar-refractivity contribution in [3.63, 3.8) is 0 Å². The largest absolute Gasteiger partial charge is 0.322 e.